The minimum absolute atomic E-state index is 0.170. The topological polar surface area (TPSA) is 126 Å². The van der Waals surface area contributed by atoms with Gasteiger partial charge in [-0.15, -0.1) is 0 Å². The first-order chi connectivity index (χ1) is 14.7. The van der Waals surface area contributed by atoms with E-state index in [0.717, 1.165) is 12.1 Å². The fraction of sp³-hybridized carbons (Fsp3) is 0.300. The standard InChI is InChI=1S/C20H23FN4O5S/c1-3-30-20(27)13-5-4-6-16(11-13)22-18(26)17-12(2)23-24-19(17)31(28,29)25-15-9-7-14(21)8-10-15/h4-12,17,19,23-25H,3H2,1-2H3,(H,22,26). The van der Waals surface area contributed by atoms with Gasteiger partial charge in [0.2, 0.25) is 5.91 Å². The average Bonchev–Trinajstić information content (AvgIpc) is 3.12. The van der Waals surface area contributed by atoms with Crippen molar-refractivity contribution < 1.29 is 27.1 Å². The number of nitrogens with one attached hydrogen (secondary N) is 4. The molecule has 9 nitrogen and oxygen atoms in total. The molecule has 2 aromatic rings. The molecule has 31 heavy (non-hydrogen) atoms. The quantitative estimate of drug-likeness (QED) is 0.474. The maximum atomic E-state index is 13.1. The molecular weight excluding hydrogens is 427 g/mol. The molecule has 3 rings (SSSR count). The van der Waals surface area contributed by atoms with Crippen LogP contribution in [0.5, 0.6) is 0 Å². The van der Waals surface area contributed by atoms with E-state index in [1.165, 1.54) is 18.2 Å². The van der Waals surface area contributed by atoms with Crippen molar-refractivity contribution in [3.05, 3.63) is 59.9 Å². The van der Waals surface area contributed by atoms with Gasteiger partial charge in [-0.2, -0.15) is 0 Å². The van der Waals surface area contributed by atoms with E-state index in [1.54, 1.807) is 32.0 Å². The Morgan fingerprint density at radius 3 is 2.48 bits per heavy atom. The Hall–Kier alpha value is -3.02. The lowest BCUT2D eigenvalue weighted by Crippen LogP contribution is -2.45. The highest BCUT2D eigenvalue weighted by Crippen LogP contribution is 2.24. The second-order valence-electron chi connectivity index (χ2n) is 6.97. The Bertz CT molecular complexity index is 1060. The van der Waals surface area contributed by atoms with E-state index in [1.807, 2.05) is 0 Å². The zero-order valence-electron chi connectivity index (χ0n) is 16.9. The van der Waals surface area contributed by atoms with E-state index in [-0.39, 0.29) is 17.9 Å². The molecule has 0 aliphatic carbocycles. The number of sulfonamides is 1. The molecule has 3 atom stereocenters. The summed E-state index contributed by atoms with van der Waals surface area (Å²) in [5.41, 5.74) is 6.16. The average molecular weight is 450 g/mol. The zero-order valence-corrected chi connectivity index (χ0v) is 17.7. The molecule has 4 N–H and O–H groups in total. The molecule has 0 radical (unpaired) electrons. The van der Waals surface area contributed by atoms with E-state index in [9.17, 15) is 22.4 Å². The molecule has 1 saturated heterocycles. The molecule has 11 heteroatoms. The van der Waals surface area contributed by atoms with Crippen molar-refractivity contribution in [2.75, 3.05) is 16.6 Å². The number of hydrogen-bond acceptors (Lipinski definition) is 7. The number of halogens is 1. The van der Waals surface area contributed by atoms with Gasteiger partial charge in [-0.3, -0.25) is 14.9 Å². The van der Waals surface area contributed by atoms with Crippen LogP contribution in [0.15, 0.2) is 48.5 Å². The first-order valence-electron chi connectivity index (χ1n) is 9.57. The van der Waals surface area contributed by atoms with Crippen LogP contribution in [0.25, 0.3) is 0 Å². The van der Waals surface area contributed by atoms with Crippen LogP contribution >= 0.6 is 0 Å². The second kappa shape index (κ2) is 9.41. The van der Waals surface area contributed by atoms with Crippen LogP contribution in [-0.2, 0) is 19.6 Å². The SMILES string of the molecule is CCOC(=O)c1cccc(NC(=O)C2C(C)NNC2S(=O)(=O)Nc2ccc(F)cc2)c1. The highest BCUT2D eigenvalue weighted by molar-refractivity contribution is 7.93. The lowest BCUT2D eigenvalue weighted by atomic mass is 10.0. The maximum absolute atomic E-state index is 13.1. The molecule has 1 aliphatic heterocycles. The lowest BCUT2D eigenvalue weighted by Gasteiger charge is -2.21. The van der Waals surface area contributed by atoms with Crippen molar-refractivity contribution in [1.29, 1.82) is 0 Å². The fourth-order valence-electron chi connectivity index (χ4n) is 3.20. The van der Waals surface area contributed by atoms with E-state index >= 15 is 0 Å². The van der Waals surface area contributed by atoms with Crippen molar-refractivity contribution in [3.8, 4) is 0 Å². The second-order valence-corrected chi connectivity index (χ2v) is 8.77. The first kappa shape index (κ1) is 22.7. The molecule has 0 spiro atoms. The number of ether oxygens (including phenoxy) is 1. The third-order valence-electron chi connectivity index (χ3n) is 4.70. The molecule has 2 aromatic carbocycles. The van der Waals surface area contributed by atoms with Crippen LogP contribution in [0.3, 0.4) is 0 Å². The number of carbonyl (C=O) groups is 2. The molecular formula is C20H23FN4O5S. The van der Waals surface area contributed by atoms with Gasteiger partial charge in [-0.25, -0.2) is 23.0 Å². The maximum Gasteiger partial charge on any atom is 0.338 e. The van der Waals surface area contributed by atoms with E-state index < -0.39 is 45.1 Å². The van der Waals surface area contributed by atoms with Gasteiger partial charge in [0.1, 0.15) is 5.82 Å². The molecule has 0 aromatic heterocycles. The third-order valence-corrected chi connectivity index (χ3v) is 6.30. The normalized spacial score (nSPS) is 20.8. The van der Waals surface area contributed by atoms with Crippen molar-refractivity contribution in [2.24, 2.45) is 5.92 Å². The molecule has 1 fully saturated rings. The Morgan fingerprint density at radius 1 is 1.10 bits per heavy atom. The van der Waals surface area contributed by atoms with Crippen LogP contribution < -0.4 is 20.9 Å². The third kappa shape index (κ3) is 5.37. The van der Waals surface area contributed by atoms with Crippen LogP contribution in [-0.4, -0.2) is 38.3 Å². The summed E-state index contributed by atoms with van der Waals surface area (Å²) in [6, 6.07) is 10.5. The summed E-state index contributed by atoms with van der Waals surface area (Å²) in [5.74, 6) is -2.58. The van der Waals surface area contributed by atoms with Crippen molar-refractivity contribution in [1.82, 2.24) is 10.9 Å². The smallest absolute Gasteiger partial charge is 0.338 e. The number of rotatable bonds is 7. The fourth-order valence-corrected chi connectivity index (χ4v) is 4.76. The van der Waals surface area contributed by atoms with Gasteiger partial charge in [0, 0.05) is 17.4 Å². The number of hydrogen-bond donors (Lipinski definition) is 4. The molecule has 1 heterocycles. The summed E-state index contributed by atoms with van der Waals surface area (Å²) < 4.78 is 46.1. The number of anilines is 2. The van der Waals surface area contributed by atoms with Crippen molar-refractivity contribution in [3.63, 3.8) is 0 Å². The highest BCUT2D eigenvalue weighted by Gasteiger charge is 2.46. The molecule has 1 amide bonds. The Labute approximate surface area is 179 Å². The number of esters is 1. The predicted molar refractivity (Wildman–Crippen MR) is 113 cm³/mol. The summed E-state index contributed by atoms with van der Waals surface area (Å²) in [6.45, 7) is 3.57. The summed E-state index contributed by atoms with van der Waals surface area (Å²) in [7, 11) is -4.06. The van der Waals surface area contributed by atoms with Gasteiger partial charge in [-0.1, -0.05) is 6.07 Å². The Kier molecular flexibility index (Phi) is 6.88. The van der Waals surface area contributed by atoms with Gasteiger partial charge >= 0.3 is 5.97 Å². The van der Waals surface area contributed by atoms with Gasteiger partial charge in [0.25, 0.3) is 10.0 Å². The van der Waals surface area contributed by atoms with Crippen molar-refractivity contribution >= 4 is 33.3 Å². The summed E-state index contributed by atoms with van der Waals surface area (Å²) in [5, 5.41) is 1.37. The van der Waals surface area contributed by atoms with E-state index in [4.69, 9.17) is 4.74 Å². The van der Waals surface area contributed by atoms with Crippen LogP contribution in [0.2, 0.25) is 0 Å². The Morgan fingerprint density at radius 2 is 1.81 bits per heavy atom. The number of hydrazine groups is 1. The summed E-state index contributed by atoms with van der Waals surface area (Å²) >= 11 is 0. The molecule has 0 saturated carbocycles. The van der Waals surface area contributed by atoms with Gasteiger partial charge < -0.3 is 10.1 Å². The van der Waals surface area contributed by atoms with Gasteiger partial charge in [0.15, 0.2) is 5.37 Å². The molecule has 3 unspecified atom stereocenters. The highest BCUT2D eigenvalue weighted by atomic mass is 32.2. The van der Waals surface area contributed by atoms with Crippen LogP contribution in [0.4, 0.5) is 15.8 Å². The largest absolute Gasteiger partial charge is 0.462 e. The number of amides is 1. The van der Waals surface area contributed by atoms with E-state index in [2.05, 4.69) is 20.9 Å². The predicted octanol–water partition coefficient (Wildman–Crippen LogP) is 1.82. The van der Waals surface area contributed by atoms with Gasteiger partial charge in [-0.05, 0) is 56.3 Å². The van der Waals surface area contributed by atoms with Crippen LogP contribution in [0.1, 0.15) is 24.2 Å². The zero-order chi connectivity index (χ0) is 22.6. The number of benzene rings is 2. The van der Waals surface area contributed by atoms with Crippen molar-refractivity contribution in [2.45, 2.75) is 25.3 Å². The first-order valence-corrected chi connectivity index (χ1v) is 11.1. The van der Waals surface area contributed by atoms with Crippen LogP contribution in [0, 0.1) is 11.7 Å². The summed E-state index contributed by atoms with van der Waals surface area (Å²) in [6.07, 6.45) is 0. The van der Waals surface area contributed by atoms with E-state index in [0.29, 0.717) is 5.69 Å². The lowest BCUT2D eigenvalue weighted by molar-refractivity contribution is -0.119. The molecule has 0 bridgehead atoms. The van der Waals surface area contributed by atoms with Gasteiger partial charge in [0.05, 0.1) is 18.1 Å². The monoisotopic (exact) mass is 450 g/mol. The minimum atomic E-state index is -4.06. The molecule has 166 valence electrons. The molecule has 1 aliphatic rings. The minimum Gasteiger partial charge on any atom is -0.462 e. The number of carbonyl (C=O) groups excluding carboxylic acids is 2. The Balaban J connectivity index is 1.77. The summed E-state index contributed by atoms with van der Waals surface area (Å²) in [4.78, 5) is 24.8.